The zero-order chi connectivity index (χ0) is 16.6. The van der Waals surface area contributed by atoms with E-state index >= 15 is 0 Å². The van der Waals surface area contributed by atoms with Crippen LogP contribution in [-0.2, 0) is 4.79 Å². The van der Waals surface area contributed by atoms with Gasteiger partial charge in [0.15, 0.2) is 0 Å². The first-order valence-corrected chi connectivity index (χ1v) is 7.83. The number of aromatic nitrogens is 3. The molecule has 1 atom stereocenters. The first-order valence-electron chi connectivity index (χ1n) is 6.70. The molecule has 23 heavy (non-hydrogen) atoms. The largest absolute Gasteiger partial charge is 0.329 e. The van der Waals surface area contributed by atoms with Crippen molar-refractivity contribution in [3.05, 3.63) is 47.7 Å². The highest BCUT2D eigenvalue weighted by Crippen LogP contribution is 2.31. The number of carbonyl (C=O) groups excluding carboxylic acids is 1. The van der Waals surface area contributed by atoms with Crippen molar-refractivity contribution in [2.24, 2.45) is 0 Å². The Balaban J connectivity index is 1.93. The third-order valence-electron chi connectivity index (χ3n) is 3.24. The summed E-state index contributed by atoms with van der Waals surface area (Å²) >= 11 is 16.6. The van der Waals surface area contributed by atoms with Gasteiger partial charge in [-0.05, 0) is 18.6 Å². The zero-order valence-corrected chi connectivity index (χ0v) is 14.2. The number of nitrogens with one attached hydrogen (secondary N) is 2. The van der Waals surface area contributed by atoms with Gasteiger partial charge in [0.25, 0.3) is 15.6 Å². The SMILES string of the molecule is CC1=C[C@H](c2ccccc2)n2nc(NC(=O)C(Cl)(Cl)Cl)nc2N1. The highest BCUT2D eigenvalue weighted by atomic mass is 35.6. The minimum atomic E-state index is -2.08. The number of alkyl halides is 3. The molecule has 0 unspecified atom stereocenters. The first kappa shape index (κ1) is 16.1. The molecule has 0 bridgehead atoms. The summed E-state index contributed by atoms with van der Waals surface area (Å²) in [4.78, 5) is 16.0. The van der Waals surface area contributed by atoms with Crippen LogP contribution >= 0.6 is 34.8 Å². The Labute approximate surface area is 147 Å². The minimum Gasteiger partial charge on any atom is -0.329 e. The molecule has 0 saturated heterocycles. The standard InChI is InChI=1S/C14H12Cl3N5O/c1-8-7-10(9-5-3-2-4-6-9)22-13(18-8)20-12(21-22)19-11(23)14(15,16)17/h2-7,10H,1H3,(H2,18,19,20,21,23)/t10-/m1/s1. The summed E-state index contributed by atoms with van der Waals surface area (Å²) < 4.78 is -0.414. The summed E-state index contributed by atoms with van der Waals surface area (Å²) in [5.41, 5.74) is 1.97. The van der Waals surface area contributed by atoms with Gasteiger partial charge in [0.05, 0.1) is 0 Å². The van der Waals surface area contributed by atoms with Crippen LogP contribution in [0.15, 0.2) is 42.1 Å². The number of nitrogens with zero attached hydrogens (tertiary/aromatic N) is 3. The Kier molecular flexibility index (Phi) is 4.23. The van der Waals surface area contributed by atoms with Crippen LogP contribution < -0.4 is 10.6 Å². The van der Waals surface area contributed by atoms with Gasteiger partial charge in [-0.15, -0.1) is 5.10 Å². The fraction of sp³-hybridized carbons (Fsp3) is 0.214. The Hall–Kier alpha value is -1.76. The van der Waals surface area contributed by atoms with E-state index in [-0.39, 0.29) is 12.0 Å². The maximum absolute atomic E-state index is 11.7. The normalized spacial score (nSPS) is 17.0. The lowest BCUT2D eigenvalue weighted by molar-refractivity contribution is -0.115. The number of benzene rings is 1. The number of amides is 1. The molecule has 1 aromatic carbocycles. The monoisotopic (exact) mass is 371 g/mol. The van der Waals surface area contributed by atoms with Gasteiger partial charge in [0.2, 0.25) is 5.95 Å². The van der Waals surface area contributed by atoms with Crippen molar-refractivity contribution < 1.29 is 4.79 Å². The van der Waals surface area contributed by atoms with Crippen molar-refractivity contribution in [3.63, 3.8) is 0 Å². The number of carbonyl (C=O) groups is 1. The fourth-order valence-electron chi connectivity index (χ4n) is 2.24. The molecule has 2 N–H and O–H groups in total. The number of anilines is 2. The van der Waals surface area contributed by atoms with Gasteiger partial charge in [-0.2, -0.15) is 4.98 Å². The molecule has 1 amide bonds. The van der Waals surface area contributed by atoms with Gasteiger partial charge >= 0.3 is 0 Å². The van der Waals surface area contributed by atoms with Crippen LogP contribution in [0, 0.1) is 0 Å². The van der Waals surface area contributed by atoms with Crippen molar-refractivity contribution in [2.75, 3.05) is 10.6 Å². The lowest BCUT2D eigenvalue weighted by Gasteiger charge is -2.22. The van der Waals surface area contributed by atoms with Crippen molar-refractivity contribution >= 4 is 52.6 Å². The van der Waals surface area contributed by atoms with E-state index in [9.17, 15) is 4.79 Å². The van der Waals surface area contributed by atoms with Gasteiger partial charge in [-0.1, -0.05) is 65.1 Å². The average Bonchev–Trinajstić information content (AvgIpc) is 2.88. The van der Waals surface area contributed by atoms with E-state index in [1.54, 1.807) is 4.68 Å². The Morgan fingerprint density at radius 2 is 2.00 bits per heavy atom. The molecular formula is C14H12Cl3N5O. The smallest absolute Gasteiger partial charge is 0.278 e. The van der Waals surface area contributed by atoms with Crippen molar-refractivity contribution in [2.45, 2.75) is 16.8 Å². The van der Waals surface area contributed by atoms with Crippen molar-refractivity contribution in [3.8, 4) is 0 Å². The topological polar surface area (TPSA) is 71.8 Å². The maximum Gasteiger partial charge on any atom is 0.278 e. The molecule has 2 aromatic rings. The van der Waals surface area contributed by atoms with Gasteiger partial charge in [0, 0.05) is 5.70 Å². The first-order chi connectivity index (χ1) is 10.8. The highest BCUT2D eigenvalue weighted by Gasteiger charge is 2.32. The second kappa shape index (κ2) is 6.03. The van der Waals surface area contributed by atoms with E-state index in [0.29, 0.717) is 5.95 Å². The lowest BCUT2D eigenvalue weighted by atomic mass is 10.1. The maximum atomic E-state index is 11.7. The third-order valence-corrected chi connectivity index (χ3v) is 3.75. The molecule has 3 rings (SSSR count). The predicted molar refractivity (Wildman–Crippen MR) is 90.9 cm³/mol. The van der Waals surface area contributed by atoms with Gasteiger partial charge in [-0.3, -0.25) is 10.1 Å². The number of allylic oxidation sites excluding steroid dienone is 2. The molecule has 1 aromatic heterocycles. The lowest BCUT2D eigenvalue weighted by Crippen LogP contribution is -2.27. The van der Waals surface area contributed by atoms with Crippen LogP contribution in [0.1, 0.15) is 18.5 Å². The van der Waals surface area contributed by atoms with E-state index in [4.69, 9.17) is 34.8 Å². The molecule has 0 saturated carbocycles. The molecule has 120 valence electrons. The number of hydrogen-bond acceptors (Lipinski definition) is 4. The summed E-state index contributed by atoms with van der Waals surface area (Å²) in [6.45, 7) is 1.92. The minimum absolute atomic E-state index is 0.0628. The van der Waals surface area contributed by atoms with Crippen LogP contribution in [0.2, 0.25) is 0 Å². The molecule has 9 heteroatoms. The van der Waals surface area contributed by atoms with Gasteiger partial charge < -0.3 is 5.32 Å². The van der Waals surface area contributed by atoms with Crippen LogP contribution in [0.3, 0.4) is 0 Å². The highest BCUT2D eigenvalue weighted by molar-refractivity contribution is 6.76. The van der Waals surface area contributed by atoms with Crippen LogP contribution in [0.5, 0.6) is 0 Å². The molecule has 1 aliphatic rings. The van der Waals surface area contributed by atoms with E-state index in [1.165, 1.54) is 0 Å². The Morgan fingerprint density at radius 1 is 1.30 bits per heavy atom. The van der Waals surface area contributed by atoms with Gasteiger partial charge in [-0.25, -0.2) is 4.68 Å². The zero-order valence-electron chi connectivity index (χ0n) is 11.9. The number of fused-ring (bicyclic) bond motifs is 1. The summed E-state index contributed by atoms with van der Waals surface area (Å²) in [7, 11) is 0. The Morgan fingerprint density at radius 3 is 2.65 bits per heavy atom. The number of rotatable bonds is 2. The molecule has 0 fully saturated rings. The molecule has 0 spiro atoms. The second-order valence-corrected chi connectivity index (χ2v) is 7.27. The Bertz CT molecular complexity index is 766. The van der Waals surface area contributed by atoms with Crippen LogP contribution in [0.25, 0.3) is 0 Å². The predicted octanol–water partition coefficient (Wildman–Crippen LogP) is 3.51. The molecule has 2 heterocycles. The van der Waals surface area contributed by atoms with E-state index in [1.807, 2.05) is 43.3 Å². The molecule has 0 aliphatic carbocycles. The molecular weight excluding hydrogens is 361 g/mol. The van der Waals surface area contributed by atoms with E-state index < -0.39 is 9.70 Å². The summed E-state index contributed by atoms with van der Waals surface area (Å²) in [5, 5.41) is 9.76. The van der Waals surface area contributed by atoms with Crippen LogP contribution in [0.4, 0.5) is 11.9 Å². The van der Waals surface area contributed by atoms with E-state index in [0.717, 1.165) is 11.3 Å². The van der Waals surface area contributed by atoms with E-state index in [2.05, 4.69) is 20.7 Å². The molecule has 6 nitrogen and oxygen atoms in total. The molecule has 1 aliphatic heterocycles. The quantitative estimate of drug-likeness (QED) is 0.791. The van der Waals surface area contributed by atoms with Gasteiger partial charge in [0.1, 0.15) is 6.04 Å². The third kappa shape index (κ3) is 3.44. The summed E-state index contributed by atoms with van der Waals surface area (Å²) in [5.74, 6) is -0.252. The van der Waals surface area contributed by atoms with Crippen molar-refractivity contribution in [1.82, 2.24) is 14.8 Å². The number of hydrogen-bond donors (Lipinski definition) is 2. The van der Waals surface area contributed by atoms with Crippen molar-refractivity contribution in [1.29, 1.82) is 0 Å². The molecule has 0 radical (unpaired) electrons. The summed E-state index contributed by atoms with van der Waals surface area (Å²) in [6, 6.07) is 9.68. The number of halogens is 3. The van der Waals surface area contributed by atoms with Crippen LogP contribution in [-0.4, -0.2) is 24.5 Å². The average molecular weight is 373 g/mol. The summed E-state index contributed by atoms with van der Waals surface area (Å²) in [6.07, 6.45) is 2.01. The fourth-order valence-corrected chi connectivity index (χ4v) is 2.38. The second-order valence-electron chi connectivity index (χ2n) is 4.99.